The van der Waals surface area contributed by atoms with Crippen molar-refractivity contribution >= 4 is 23.6 Å². The lowest BCUT2D eigenvalue weighted by molar-refractivity contribution is 0.112. The number of anilines is 3. The van der Waals surface area contributed by atoms with Gasteiger partial charge in [0.15, 0.2) is 18.3 Å². The highest BCUT2D eigenvalue weighted by Gasteiger charge is 2.37. The fourth-order valence-electron chi connectivity index (χ4n) is 6.61. The van der Waals surface area contributed by atoms with Crippen molar-refractivity contribution in [2.24, 2.45) is 12.5 Å². The molecule has 3 N–H and O–H groups in total. The smallest absolute Gasteiger partial charge is 0.274 e. The second-order valence-electron chi connectivity index (χ2n) is 12.4. The van der Waals surface area contributed by atoms with Gasteiger partial charge in [0.2, 0.25) is 0 Å². The van der Waals surface area contributed by atoms with Crippen molar-refractivity contribution in [2.75, 3.05) is 30.4 Å². The number of likely N-dealkylation sites (N-methyl/N-ethyl adjacent to an activating group) is 1. The highest BCUT2D eigenvalue weighted by molar-refractivity contribution is 5.94. The summed E-state index contributed by atoms with van der Waals surface area (Å²) in [6, 6.07) is 7.58. The van der Waals surface area contributed by atoms with Crippen LogP contribution in [0.5, 0.6) is 0 Å². The van der Waals surface area contributed by atoms with Crippen LogP contribution >= 0.6 is 0 Å². The second kappa shape index (κ2) is 11.1. The summed E-state index contributed by atoms with van der Waals surface area (Å²) in [4.78, 5) is 32.2. The number of nitrogens with one attached hydrogen (secondary N) is 2. The van der Waals surface area contributed by atoms with Crippen molar-refractivity contribution in [1.82, 2.24) is 29.2 Å². The third-order valence-electron chi connectivity index (χ3n) is 8.68. The van der Waals surface area contributed by atoms with E-state index in [-0.39, 0.29) is 11.0 Å². The molecule has 0 amide bonds. The first-order valence-corrected chi connectivity index (χ1v) is 14.9. The second-order valence-corrected chi connectivity index (χ2v) is 12.4. The van der Waals surface area contributed by atoms with Crippen LogP contribution < -0.4 is 21.1 Å². The summed E-state index contributed by atoms with van der Waals surface area (Å²) in [5, 5.41) is 22.5. The molecule has 1 aliphatic carbocycles. The molecule has 0 aromatic carbocycles. The molecule has 1 unspecified atom stereocenters. The van der Waals surface area contributed by atoms with Gasteiger partial charge in [-0.15, -0.1) is 0 Å². The first-order valence-electron chi connectivity index (χ1n) is 14.9. The van der Waals surface area contributed by atoms with Gasteiger partial charge in [-0.25, -0.2) is 4.98 Å². The number of hydrogen-bond acceptors (Lipinski definition) is 8. The van der Waals surface area contributed by atoms with Crippen molar-refractivity contribution in [3.05, 3.63) is 75.2 Å². The van der Waals surface area contributed by atoms with Crippen LogP contribution in [0.15, 0.2) is 41.5 Å². The lowest BCUT2D eigenvalue weighted by Gasteiger charge is -2.36. The van der Waals surface area contributed by atoms with Gasteiger partial charge in [-0.3, -0.25) is 14.3 Å². The SMILES string of the molecule is CCc1cc(Nc2cc(-c3ccnc(N4CCn5c(cc6c5CC(C)(C)C6)C4O)c3C=O)cn(C)c2=O)nn1CCNC. The molecule has 1 aliphatic heterocycles. The number of hydrogen-bond donors (Lipinski definition) is 3. The van der Waals surface area contributed by atoms with Gasteiger partial charge in [-0.2, -0.15) is 5.10 Å². The Kier molecular flexibility index (Phi) is 7.47. The number of carbonyl (C=O) groups is 1. The van der Waals surface area contributed by atoms with E-state index < -0.39 is 6.23 Å². The van der Waals surface area contributed by atoms with Crippen molar-refractivity contribution in [3.63, 3.8) is 0 Å². The molecule has 0 spiro atoms. The molecule has 5 heterocycles. The van der Waals surface area contributed by atoms with Crippen molar-refractivity contribution in [3.8, 4) is 11.1 Å². The number of aromatic nitrogens is 5. The van der Waals surface area contributed by atoms with Crippen LogP contribution in [0.3, 0.4) is 0 Å². The van der Waals surface area contributed by atoms with Crippen LogP contribution in [0.2, 0.25) is 0 Å². The number of aliphatic hydroxyl groups excluding tert-OH is 1. The van der Waals surface area contributed by atoms with E-state index in [4.69, 9.17) is 0 Å². The first kappa shape index (κ1) is 28.9. The zero-order valence-electron chi connectivity index (χ0n) is 25.5. The molecule has 2 aliphatic rings. The van der Waals surface area contributed by atoms with E-state index in [1.165, 1.54) is 15.8 Å². The molecular weight excluding hydrogens is 544 g/mol. The van der Waals surface area contributed by atoms with Crippen LogP contribution in [0.1, 0.15) is 60.0 Å². The molecule has 43 heavy (non-hydrogen) atoms. The summed E-state index contributed by atoms with van der Waals surface area (Å²) in [6.07, 6.45) is 6.01. The number of fused-ring (bicyclic) bond motifs is 3. The van der Waals surface area contributed by atoms with Gasteiger partial charge in [0, 0.05) is 62.1 Å². The number of carbonyl (C=O) groups excluding carboxylic acids is 1. The number of aldehydes is 1. The van der Waals surface area contributed by atoms with E-state index in [2.05, 4.69) is 52.1 Å². The Bertz CT molecular complexity index is 1750. The fourth-order valence-corrected chi connectivity index (χ4v) is 6.61. The third-order valence-corrected chi connectivity index (χ3v) is 8.68. The maximum Gasteiger partial charge on any atom is 0.274 e. The number of aryl methyl sites for hydroxylation is 2. The third kappa shape index (κ3) is 5.16. The summed E-state index contributed by atoms with van der Waals surface area (Å²) in [5.74, 6) is 1.01. The molecule has 4 aromatic heterocycles. The maximum atomic E-state index is 13.1. The molecule has 6 rings (SSSR count). The largest absolute Gasteiger partial charge is 0.368 e. The minimum atomic E-state index is -0.924. The highest BCUT2D eigenvalue weighted by Crippen LogP contribution is 2.42. The van der Waals surface area contributed by atoms with Crippen molar-refractivity contribution < 1.29 is 9.90 Å². The van der Waals surface area contributed by atoms with Gasteiger partial charge in [-0.05, 0) is 61.1 Å². The minimum Gasteiger partial charge on any atom is -0.368 e. The van der Waals surface area contributed by atoms with E-state index in [1.807, 2.05) is 17.8 Å². The molecule has 0 saturated carbocycles. The molecular formula is C32H40N8O3. The lowest BCUT2D eigenvalue weighted by atomic mass is 9.90. The zero-order valence-corrected chi connectivity index (χ0v) is 25.5. The average molecular weight is 585 g/mol. The van der Waals surface area contributed by atoms with Crippen LogP contribution in [0.25, 0.3) is 11.1 Å². The topological polar surface area (TPSA) is 122 Å². The summed E-state index contributed by atoms with van der Waals surface area (Å²) in [7, 11) is 3.59. The molecule has 0 radical (unpaired) electrons. The van der Waals surface area contributed by atoms with E-state index in [0.717, 1.165) is 50.0 Å². The van der Waals surface area contributed by atoms with Crippen LogP contribution in [-0.4, -0.2) is 55.4 Å². The number of rotatable bonds is 9. The molecule has 4 aromatic rings. The van der Waals surface area contributed by atoms with Crippen LogP contribution in [-0.2, 0) is 39.4 Å². The van der Waals surface area contributed by atoms with Gasteiger partial charge in [0.1, 0.15) is 11.5 Å². The van der Waals surface area contributed by atoms with Gasteiger partial charge in [0.25, 0.3) is 5.56 Å². The van der Waals surface area contributed by atoms with Gasteiger partial charge >= 0.3 is 0 Å². The van der Waals surface area contributed by atoms with E-state index in [9.17, 15) is 14.7 Å². The van der Waals surface area contributed by atoms with E-state index in [0.29, 0.717) is 47.1 Å². The van der Waals surface area contributed by atoms with Crippen LogP contribution in [0.4, 0.5) is 17.3 Å². The Morgan fingerprint density at radius 1 is 1.19 bits per heavy atom. The molecule has 11 heteroatoms. The predicted octanol–water partition coefficient (Wildman–Crippen LogP) is 3.42. The number of nitrogens with zero attached hydrogens (tertiary/aromatic N) is 6. The summed E-state index contributed by atoms with van der Waals surface area (Å²) in [6.45, 7) is 9.34. The van der Waals surface area contributed by atoms with Crippen LogP contribution in [0, 0.1) is 5.41 Å². The van der Waals surface area contributed by atoms with Crippen molar-refractivity contribution in [1.29, 1.82) is 0 Å². The Morgan fingerprint density at radius 3 is 2.74 bits per heavy atom. The normalized spacial score (nSPS) is 17.2. The Labute approximate surface area is 251 Å². The molecule has 11 nitrogen and oxygen atoms in total. The molecule has 0 saturated heterocycles. The Balaban J connectivity index is 1.34. The van der Waals surface area contributed by atoms with E-state index >= 15 is 0 Å². The van der Waals surface area contributed by atoms with E-state index in [1.54, 1.807) is 36.5 Å². The first-order chi connectivity index (χ1) is 20.6. The zero-order chi connectivity index (χ0) is 30.5. The standard InChI is InChI=1S/C32H40N8O3/c1-6-22-15-28(36-40(22)10-9-33-4)35-25-13-21(18-37(5)30(25)42)23-7-8-34-29(24(23)19-41)39-12-11-38-26(31(39)43)14-20-16-32(2,3)17-27(20)38/h7-8,13-15,18-19,31,33,43H,6,9-12,16-17H2,1-5H3,(H,35,36). The fraction of sp³-hybridized carbons (Fsp3) is 0.438. The summed E-state index contributed by atoms with van der Waals surface area (Å²) < 4.78 is 5.67. The average Bonchev–Trinajstić information content (AvgIpc) is 3.63. The van der Waals surface area contributed by atoms with Gasteiger partial charge in [-0.1, -0.05) is 20.8 Å². The molecule has 0 fully saturated rings. The maximum absolute atomic E-state index is 13.1. The Hall–Kier alpha value is -4.22. The summed E-state index contributed by atoms with van der Waals surface area (Å²) in [5.41, 5.74) is 6.54. The summed E-state index contributed by atoms with van der Waals surface area (Å²) >= 11 is 0. The lowest BCUT2D eigenvalue weighted by Crippen LogP contribution is -2.39. The monoisotopic (exact) mass is 584 g/mol. The number of aliphatic hydroxyl groups is 1. The van der Waals surface area contributed by atoms with Crippen molar-refractivity contribution in [2.45, 2.75) is 59.4 Å². The minimum absolute atomic E-state index is 0.211. The molecule has 226 valence electrons. The quantitative estimate of drug-likeness (QED) is 0.256. The van der Waals surface area contributed by atoms with Gasteiger partial charge in [0.05, 0.1) is 17.8 Å². The molecule has 0 bridgehead atoms. The Morgan fingerprint density at radius 2 is 2.00 bits per heavy atom. The number of pyridine rings is 2. The predicted molar refractivity (Wildman–Crippen MR) is 167 cm³/mol. The highest BCUT2D eigenvalue weighted by atomic mass is 16.3. The molecule has 1 atom stereocenters. The van der Waals surface area contributed by atoms with Gasteiger partial charge < -0.3 is 29.8 Å².